The number of carbonyl (C=O) groups is 1. The molecule has 0 saturated heterocycles. The van der Waals surface area contributed by atoms with Crippen LogP contribution in [-0.2, 0) is 11.2 Å². The zero-order chi connectivity index (χ0) is 16.2. The molecule has 3 aliphatic carbocycles. The van der Waals surface area contributed by atoms with E-state index in [1.807, 2.05) is 6.07 Å². The van der Waals surface area contributed by atoms with Crippen LogP contribution in [0.2, 0.25) is 0 Å². The van der Waals surface area contributed by atoms with Gasteiger partial charge in [0.15, 0.2) is 0 Å². The Morgan fingerprint density at radius 3 is 2.91 bits per heavy atom. The third-order valence-electron chi connectivity index (χ3n) is 6.72. The molecule has 1 aromatic carbocycles. The fourth-order valence-corrected chi connectivity index (χ4v) is 5.56. The smallest absolute Gasteiger partial charge is 0.139 e. The summed E-state index contributed by atoms with van der Waals surface area (Å²) in [6.07, 6.45) is 5.55. The van der Waals surface area contributed by atoms with E-state index in [9.17, 15) is 9.90 Å². The van der Waals surface area contributed by atoms with Crippen LogP contribution >= 0.6 is 0 Å². The number of phenolic OH excluding ortho intramolecular Hbond substituents is 1. The Bertz CT molecular complexity index is 738. The summed E-state index contributed by atoms with van der Waals surface area (Å²) in [4.78, 5) is 15.2. The Labute approximate surface area is 135 Å². The van der Waals surface area contributed by atoms with E-state index in [1.165, 1.54) is 5.56 Å². The van der Waals surface area contributed by atoms with Crippen molar-refractivity contribution in [1.82, 2.24) is 0 Å². The van der Waals surface area contributed by atoms with Gasteiger partial charge in [-0.15, -0.1) is 0 Å². The van der Waals surface area contributed by atoms with Crippen LogP contribution < -0.4 is 0 Å². The molecule has 0 amide bonds. The molecule has 1 N–H and O–H groups in total. The number of hydrogen-bond acceptors (Lipinski definition) is 3. The number of ketones is 1. The fourth-order valence-electron chi connectivity index (χ4n) is 5.56. The Morgan fingerprint density at radius 1 is 1.30 bits per heavy atom. The highest BCUT2D eigenvalue weighted by atomic mass is 16.3. The van der Waals surface area contributed by atoms with Crippen LogP contribution in [0.1, 0.15) is 56.1 Å². The van der Waals surface area contributed by atoms with Gasteiger partial charge < -0.3 is 5.11 Å². The number of carbonyl (C=O) groups excluding carboxylic acids is 1. The number of hydrogen-bond donors (Lipinski definition) is 1. The van der Waals surface area contributed by atoms with Gasteiger partial charge in [0.2, 0.25) is 0 Å². The minimum Gasteiger partial charge on any atom is -0.507 e. The van der Waals surface area contributed by atoms with Crippen molar-refractivity contribution in [3.05, 3.63) is 33.7 Å². The molecule has 0 radical (unpaired) electrons. The van der Waals surface area contributed by atoms with Gasteiger partial charge in [0.1, 0.15) is 11.5 Å². The molecule has 0 spiro atoms. The van der Waals surface area contributed by atoms with Crippen LogP contribution in [0.25, 0.3) is 10.4 Å². The zero-order valence-electron chi connectivity index (χ0n) is 13.3. The first-order valence-corrected chi connectivity index (χ1v) is 8.49. The van der Waals surface area contributed by atoms with Gasteiger partial charge in [-0.25, -0.2) is 0 Å². The summed E-state index contributed by atoms with van der Waals surface area (Å²) in [5.74, 6) is 1.97. The molecule has 4 atom stereocenters. The number of benzene rings is 1. The van der Waals surface area contributed by atoms with Crippen molar-refractivity contribution in [1.29, 1.82) is 0 Å². The number of azide groups is 1. The van der Waals surface area contributed by atoms with Crippen LogP contribution in [0.3, 0.4) is 0 Å². The molecule has 1 aromatic rings. The summed E-state index contributed by atoms with van der Waals surface area (Å²) in [6, 6.07) is 3.65. The monoisotopic (exact) mass is 311 g/mol. The lowest BCUT2D eigenvalue weighted by Crippen LogP contribution is -2.42. The van der Waals surface area contributed by atoms with Gasteiger partial charge in [-0.3, -0.25) is 4.79 Å². The summed E-state index contributed by atoms with van der Waals surface area (Å²) >= 11 is 0. The number of rotatable bonds is 1. The van der Waals surface area contributed by atoms with E-state index in [0.717, 1.165) is 44.1 Å². The minimum atomic E-state index is -0.122. The zero-order valence-corrected chi connectivity index (χ0v) is 13.3. The van der Waals surface area contributed by atoms with Crippen molar-refractivity contribution in [2.45, 2.75) is 51.4 Å². The van der Waals surface area contributed by atoms with Gasteiger partial charge in [0.25, 0.3) is 0 Å². The first kappa shape index (κ1) is 14.6. The van der Waals surface area contributed by atoms with Crippen molar-refractivity contribution >= 4 is 11.5 Å². The molecule has 5 nitrogen and oxygen atoms in total. The van der Waals surface area contributed by atoms with Crippen molar-refractivity contribution < 1.29 is 9.90 Å². The lowest BCUT2D eigenvalue weighted by Gasteiger charge is -2.48. The van der Waals surface area contributed by atoms with E-state index >= 15 is 0 Å². The lowest BCUT2D eigenvalue weighted by molar-refractivity contribution is -0.129. The molecule has 5 heteroatoms. The van der Waals surface area contributed by atoms with Crippen molar-refractivity contribution in [3.8, 4) is 5.75 Å². The Kier molecular flexibility index (Phi) is 3.17. The third-order valence-corrected chi connectivity index (χ3v) is 6.72. The molecule has 0 aromatic heterocycles. The van der Waals surface area contributed by atoms with E-state index in [4.69, 9.17) is 5.53 Å². The van der Waals surface area contributed by atoms with Gasteiger partial charge in [-0.05, 0) is 72.6 Å². The highest BCUT2D eigenvalue weighted by molar-refractivity contribution is 5.87. The third kappa shape index (κ3) is 1.93. The summed E-state index contributed by atoms with van der Waals surface area (Å²) in [6.45, 7) is 2.17. The topological polar surface area (TPSA) is 86.1 Å². The highest BCUT2D eigenvalue weighted by Gasteiger charge is 2.54. The quantitative estimate of drug-likeness (QED) is 0.460. The average molecular weight is 311 g/mol. The highest BCUT2D eigenvalue weighted by Crippen LogP contribution is 2.60. The van der Waals surface area contributed by atoms with Gasteiger partial charge in [-0.2, -0.15) is 0 Å². The largest absolute Gasteiger partial charge is 0.507 e. The normalized spacial score (nSPS) is 35.0. The maximum absolute atomic E-state index is 12.3. The van der Waals surface area contributed by atoms with Gasteiger partial charge in [-0.1, -0.05) is 18.1 Å². The second-order valence-corrected chi connectivity index (χ2v) is 7.52. The van der Waals surface area contributed by atoms with Crippen LogP contribution in [0.5, 0.6) is 5.75 Å². The summed E-state index contributed by atoms with van der Waals surface area (Å²) < 4.78 is 0. The number of Topliss-reactive ketones (excluding diaryl/α,β-unsaturated/α-hetero) is 1. The number of phenols is 1. The Balaban J connectivity index is 1.77. The minimum absolute atomic E-state index is 0.0664. The Morgan fingerprint density at radius 2 is 2.13 bits per heavy atom. The number of nitrogens with zero attached hydrogens (tertiary/aromatic N) is 3. The summed E-state index contributed by atoms with van der Waals surface area (Å²) in [5.41, 5.74) is 11.3. The second kappa shape index (κ2) is 5.00. The van der Waals surface area contributed by atoms with E-state index < -0.39 is 0 Å². The molecule has 0 bridgehead atoms. The van der Waals surface area contributed by atoms with Crippen LogP contribution in [0.15, 0.2) is 17.2 Å². The van der Waals surface area contributed by atoms with Crippen molar-refractivity contribution in [3.63, 3.8) is 0 Å². The standard InChI is InChI=1S/C18H21N3O2/c1-18-9-8-11-10-4-6-15(22)17(20-21-19)13(10)3-2-12(11)14(18)5-7-16(18)23/h4,6,11-12,14,22H,2-3,5,7-9H2,1H3/t11-,12-,14+,18+/m1/s1. The summed E-state index contributed by atoms with van der Waals surface area (Å²) in [7, 11) is 0. The SMILES string of the molecule is C[C@]12CC[C@@H]3c4ccc(O)c(N=[N+]=[N-])c4CC[C@H]3[C@@H]1CCC2=O. The number of aromatic hydroxyl groups is 1. The molecular weight excluding hydrogens is 290 g/mol. The van der Waals surface area contributed by atoms with Crippen LogP contribution in [-0.4, -0.2) is 10.9 Å². The number of fused-ring (bicyclic) bond motifs is 5. The molecular formula is C18H21N3O2. The molecule has 2 saturated carbocycles. The fraction of sp³-hybridized carbons (Fsp3) is 0.611. The van der Waals surface area contributed by atoms with Crippen LogP contribution in [0, 0.1) is 17.3 Å². The lowest BCUT2D eigenvalue weighted by atomic mass is 9.55. The van der Waals surface area contributed by atoms with E-state index in [-0.39, 0.29) is 11.2 Å². The molecule has 120 valence electrons. The maximum Gasteiger partial charge on any atom is 0.139 e. The molecule has 0 heterocycles. The molecule has 2 fully saturated rings. The summed E-state index contributed by atoms with van der Waals surface area (Å²) in [5, 5.41) is 13.7. The molecule has 0 aliphatic heterocycles. The van der Waals surface area contributed by atoms with Gasteiger partial charge in [0.05, 0.1) is 5.69 Å². The van der Waals surface area contributed by atoms with Crippen LogP contribution in [0.4, 0.5) is 5.69 Å². The first-order chi connectivity index (χ1) is 11.1. The average Bonchev–Trinajstić information content (AvgIpc) is 2.85. The maximum atomic E-state index is 12.3. The molecule has 0 unspecified atom stereocenters. The van der Waals surface area contributed by atoms with Crippen molar-refractivity contribution in [2.24, 2.45) is 22.4 Å². The van der Waals surface area contributed by atoms with Gasteiger partial charge in [0, 0.05) is 16.7 Å². The first-order valence-electron chi connectivity index (χ1n) is 8.49. The van der Waals surface area contributed by atoms with E-state index in [2.05, 4.69) is 16.9 Å². The van der Waals surface area contributed by atoms with Crippen molar-refractivity contribution in [2.75, 3.05) is 0 Å². The predicted octanol–water partition coefficient (Wildman–Crippen LogP) is 4.76. The van der Waals surface area contributed by atoms with E-state index in [1.54, 1.807) is 6.07 Å². The second-order valence-electron chi connectivity index (χ2n) is 7.52. The predicted molar refractivity (Wildman–Crippen MR) is 86.5 cm³/mol. The molecule has 23 heavy (non-hydrogen) atoms. The molecule has 4 rings (SSSR count). The van der Waals surface area contributed by atoms with E-state index in [0.29, 0.717) is 29.2 Å². The Hall–Kier alpha value is -2.00. The molecule has 3 aliphatic rings. The van der Waals surface area contributed by atoms with Gasteiger partial charge >= 0.3 is 0 Å².